The molecule has 0 atom stereocenters. The monoisotopic (exact) mass is 287 g/mol. The van der Waals surface area contributed by atoms with Gasteiger partial charge in [0.05, 0.1) is 11.6 Å². The molecule has 0 saturated heterocycles. The number of nitriles is 1. The lowest BCUT2D eigenvalue weighted by atomic mass is 10.1. The summed E-state index contributed by atoms with van der Waals surface area (Å²) < 4.78 is 2.18. The van der Waals surface area contributed by atoms with Crippen molar-refractivity contribution in [1.82, 2.24) is 9.88 Å². The fourth-order valence-electron chi connectivity index (χ4n) is 2.09. The van der Waals surface area contributed by atoms with Gasteiger partial charge in [-0.15, -0.1) is 0 Å². The molecular formula is C16H18ClN3. The SMILES string of the molecule is CCCNCc1cccn1Cc1ccc(C#N)cc1Cl. The number of nitrogens with one attached hydrogen (secondary N) is 1. The van der Waals surface area contributed by atoms with Crippen LogP contribution >= 0.6 is 11.6 Å². The Labute approximate surface area is 124 Å². The van der Waals surface area contributed by atoms with E-state index < -0.39 is 0 Å². The summed E-state index contributed by atoms with van der Waals surface area (Å²) in [6, 6.07) is 11.7. The second-order valence-corrected chi connectivity index (χ2v) is 5.13. The summed E-state index contributed by atoms with van der Waals surface area (Å²) >= 11 is 6.22. The van der Waals surface area contributed by atoms with Crippen LogP contribution in [0.25, 0.3) is 0 Å². The summed E-state index contributed by atoms with van der Waals surface area (Å²) in [5.74, 6) is 0. The van der Waals surface area contributed by atoms with Crippen molar-refractivity contribution in [2.45, 2.75) is 26.4 Å². The second kappa shape index (κ2) is 7.14. The van der Waals surface area contributed by atoms with Gasteiger partial charge in [-0.25, -0.2) is 0 Å². The second-order valence-electron chi connectivity index (χ2n) is 4.72. The van der Waals surface area contributed by atoms with Crippen molar-refractivity contribution >= 4 is 11.6 Å². The molecule has 0 fully saturated rings. The van der Waals surface area contributed by atoms with E-state index in [-0.39, 0.29) is 0 Å². The number of aromatic nitrogens is 1. The zero-order valence-electron chi connectivity index (χ0n) is 11.6. The largest absolute Gasteiger partial charge is 0.346 e. The van der Waals surface area contributed by atoms with E-state index in [2.05, 4.69) is 35.1 Å². The van der Waals surface area contributed by atoms with Crippen LogP contribution in [0.1, 0.15) is 30.2 Å². The molecule has 1 N–H and O–H groups in total. The minimum absolute atomic E-state index is 0.594. The highest BCUT2D eigenvalue weighted by atomic mass is 35.5. The Bertz CT molecular complexity index is 610. The third kappa shape index (κ3) is 3.63. The van der Waals surface area contributed by atoms with Gasteiger partial charge >= 0.3 is 0 Å². The molecule has 1 aromatic heterocycles. The molecule has 1 aromatic carbocycles. The molecule has 104 valence electrons. The predicted molar refractivity (Wildman–Crippen MR) is 81.7 cm³/mol. The summed E-state index contributed by atoms with van der Waals surface area (Å²) in [4.78, 5) is 0. The Kier molecular flexibility index (Phi) is 5.23. The van der Waals surface area contributed by atoms with E-state index in [1.165, 1.54) is 5.69 Å². The summed E-state index contributed by atoms with van der Waals surface area (Å²) in [5.41, 5.74) is 2.86. The molecule has 0 aliphatic rings. The van der Waals surface area contributed by atoms with Crippen molar-refractivity contribution in [2.75, 3.05) is 6.54 Å². The molecule has 2 aromatic rings. The van der Waals surface area contributed by atoms with Crippen LogP contribution < -0.4 is 5.32 Å². The first-order chi connectivity index (χ1) is 9.74. The maximum Gasteiger partial charge on any atom is 0.0992 e. The van der Waals surface area contributed by atoms with Gasteiger partial charge in [0, 0.05) is 30.0 Å². The van der Waals surface area contributed by atoms with E-state index in [4.69, 9.17) is 16.9 Å². The van der Waals surface area contributed by atoms with Crippen molar-refractivity contribution in [3.05, 3.63) is 58.4 Å². The van der Waals surface area contributed by atoms with Gasteiger partial charge in [-0.05, 0) is 42.8 Å². The Morgan fingerprint density at radius 1 is 1.35 bits per heavy atom. The van der Waals surface area contributed by atoms with Gasteiger partial charge in [0.1, 0.15) is 0 Å². The number of rotatable bonds is 6. The number of hydrogen-bond donors (Lipinski definition) is 1. The first-order valence-corrected chi connectivity index (χ1v) is 7.15. The molecule has 0 unspecified atom stereocenters. The fourth-order valence-corrected chi connectivity index (χ4v) is 2.33. The topological polar surface area (TPSA) is 40.8 Å². The molecule has 0 aliphatic carbocycles. The zero-order chi connectivity index (χ0) is 14.4. The summed E-state index contributed by atoms with van der Waals surface area (Å²) in [7, 11) is 0. The number of hydrogen-bond acceptors (Lipinski definition) is 2. The van der Waals surface area contributed by atoms with E-state index in [0.717, 1.165) is 31.6 Å². The molecule has 4 heteroatoms. The number of benzene rings is 1. The van der Waals surface area contributed by atoms with E-state index >= 15 is 0 Å². The van der Waals surface area contributed by atoms with Crippen LogP contribution in [-0.4, -0.2) is 11.1 Å². The van der Waals surface area contributed by atoms with Crippen LogP contribution in [0.2, 0.25) is 5.02 Å². The van der Waals surface area contributed by atoms with E-state index in [0.29, 0.717) is 10.6 Å². The highest BCUT2D eigenvalue weighted by molar-refractivity contribution is 6.31. The fraction of sp³-hybridized carbons (Fsp3) is 0.312. The van der Waals surface area contributed by atoms with Crippen LogP contribution in [0.15, 0.2) is 36.5 Å². The highest BCUT2D eigenvalue weighted by Gasteiger charge is 2.05. The molecule has 3 nitrogen and oxygen atoms in total. The lowest BCUT2D eigenvalue weighted by molar-refractivity contribution is 0.630. The van der Waals surface area contributed by atoms with Crippen LogP contribution in [0, 0.1) is 11.3 Å². The van der Waals surface area contributed by atoms with Gasteiger partial charge < -0.3 is 9.88 Å². The van der Waals surface area contributed by atoms with E-state index in [9.17, 15) is 0 Å². The van der Waals surface area contributed by atoms with Crippen LogP contribution in [0.3, 0.4) is 0 Å². The first-order valence-electron chi connectivity index (χ1n) is 6.78. The lowest BCUT2D eigenvalue weighted by Gasteiger charge is -2.11. The molecular weight excluding hydrogens is 270 g/mol. The number of nitrogens with zero attached hydrogens (tertiary/aromatic N) is 2. The minimum Gasteiger partial charge on any atom is -0.346 e. The van der Waals surface area contributed by atoms with Gasteiger partial charge in [-0.2, -0.15) is 5.26 Å². The van der Waals surface area contributed by atoms with Crippen LogP contribution in [0.4, 0.5) is 0 Å². The van der Waals surface area contributed by atoms with Crippen LogP contribution in [-0.2, 0) is 13.1 Å². The third-order valence-electron chi connectivity index (χ3n) is 3.18. The maximum atomic E-state index is 8.85. The maximum absolute atomic E-state index is 8.85. The third-order valence-corrected chi connectivity index (χ3v) is 3.53. The van der Waals surface area contributed by atoms with E-state index in [1.807, 2.05) is 12.1 Å². The summed E-state index contributed by atoms with van der Waals surface area (Å²) in [6.45, 7) is 4.75. The van der Waals surface area contributed by atoms with Crippen molar-refractivity contribution in [3.8, 4) is 6.07 Å². The normalized spacial score (nSPS) is 10.4. The van der Waals surface area contributed by atoms with Gasteiger partial charge in [-0.1, -0.05) is 24.6 Å². The lowest BCUT2D eigenvalue weighted by Crippen LogP contribution is -2.17. The molecule has 2 rings (SSSR count). The quantitative estimate of drug-likeness (QED) is 0.825. The first kappa shape index (κ1) is 14.6. The van der Waals surface area contributed by atoms with Gasteiger partial charge in [0.2, 0.25) is 0 Å². The number of halogens is 1. The Morgan fingerprint density at radius 2 is 2.20 bits per heavy atom. The highest BCUT2D eigenvalue weighted by Crippen LogP contribution is 2.19. The van der Waals surface area contributed by atoms with Gasteiger partial charge in [0.15, 0.2) is 0 Å². The molecule has 0 bridgehead atoms. The van der Waals surface area contributed by atoms with Crippen molar-refractivity contribution in [2.24, 2.45) is 0 Å². The van der Waals surface area contributed by atoms with Crippen molar-refractivity contribution in [3.63, 3.8) is 0 Å². The summed E-state index contributed by atoms with van der Waals surface area (Å²) in [6.07, 6.45) is 3.18. The van der Waals surface area contributed by atoms with Gasteiger partial charge in [-0.3, -0.25) is 0 Å². The molecule has 20 heavy (non-hydrogen) atoms. The zero-order valence-corrected chi connectivity index (χ0v) is 12.3. The smallest absolute Gasteiger partial charge is 0.0992 e. The van der Waals surface area contributed by atoms with Crippen molar-refractivity contribution < 1.29 is 0 Å². The molecule has 0 radical (unpaired) electrons. The minimum atomic E-state index is 0.594. The summed E-state index contributed by atoms with van der Waals surface area (Å²) in [5, 5.41) is 12.9. The van der Waals surface area contributed by atoms with Crippen molar-refractivity contribution in [1.29, 1.82) is 5.26 Å². The molecule has 0 saturated carbocycles. The molecule has 0 amide bonds. The average molecular weight is 288 g/mol. The Balaban J connectivity index is 2.10. The molecule has 0 spiro atoms. The standard InChI is InChI=1S/C16H18ClN3/c1-2-7-19-11-15-4-3-8-20(15)12-14-6-5-13(10-18)9-16(14)17/h3-6,8-9,19H,2,7,11-12H2,1H3. The average Bonchev–Trinajstić information content (AvgIpc) is 2.89. The predicted octanol–water partition coefficient (Wildman–Crippen LogP) is 3.56. The molecule has 1 heterocycles. The van der Waals surface area contributed by atoms with E-state index in [1.54, 1.807) is 12.1 Å². The van der Waals surface area contributed by atoms with Gasteiger partial charge in [0.25, 0.3) is 0 Å². The molecule has 0 aliphatic heterocycles. The van der Waals surface area contributed by atoms with Crippen LogP contribution in [0.5, 0.6) is 0 Å². The Hall–Kier alpha value is -1.76. The Morgan fingerprint density at radius 3 is 2.90 bits per heavy atom.